The van der Waals surface area contributed by atoms with E-state index < -0.39 is 0 Å². The van der Waals surface area contributed by atoms with Gasteiger partial charge in [-0.3, -0.25) is 4.68 Å². The molecular formula is C14H26N4. The van der Waals surface area contributed by atoms with Gasteiger partial charge in [-0.1, -0.05) is 31.4 Å². The van der Waals surface area contributed by atoms with Crippen molar-refractivity contribution in [3.05, 3.63) is 11.9 Å². The molecule has 0 amide bonds. The molecule has 2 unspecified atom stereocenters. The van der Waals surface area contributed by atoms with Gasteiger partial charge in [0.05, 0.1) is 11.9 Å². The fourth-order valence-electron chi connectivity index (χ4n) is 3.12. The van der Waals surface area contributed by atoms with Gasteiger partial charge in [-0.15, -0.1) is 5.10 Å². The molecule has 1 fully saturated rings. The number of hydrogen-bond acceptors (Lipinski definition) is 3. The standard InChI is InChI=1S/C14H26N4/c1-3-9-15-10-12-7-5-4-6-8-13(12)14-11-16-17-18(14)2/h11-13,15H,3-10H2,1-2H3. The second kappa shape index (κ2) is 6.88. The first-order valence-corrected chi connectivity index (χ1v) is 7.38. The topological polar surface area (TPSA) is 42.7 Å². The Hall–Kier alpha value is -0.900. The van der Waals surface area contributed by atoms with Crippen molar-refractivity contribution in [2.45, 2.75) is 51.4 Å². The predicted molar refractivity (Wildman–Crippen MR) is 73.5 cm³/mol. The number of nitrogens with zero attached hydrogens (tertiary/aromatic N) is 3. The Kier molecular flexibility index (Phi) is 5.17. The third kappa shape index (κ3) is 3.31. The fourth-order valence-corrected chi connectivity index (χ4v) is 3.12. The lowest BCUT2D eigenvalue weighted by atomic mass is 9.85. The summed E-state index contributed by atoms with van der Waals surface area (Å²) in [5.74, 6) is 1.38. The molecule has 1 saturated carbocycles. The van der Waals surface area contributed by atoms with E-state index in [1.54, 1.807) is 0 Å². The van der Waals surface area contributed by atoms with Crippen molar-refractivity contribution in [1.29, 1.82) is 0 Å². The molecule has 1 heterocycles. The maximum atomic E-state index is 4.10. The zero-order valence-corrected chi connectivity index (χ0v) is 11.7. The van der Waals surface area contributed by atoms with Crippen molar-refractivity contribution >= 4 is 0 Å². The van der Waals surface area contributed by atoms with Crippen LogP contribution in [-0.4, -0.2) is 28.1 Å². The van der Waals surface area contributed by atoms with Gasteiger partial charge in [0.15, 0.2) is 0 Å². The number of rotatable bonds is 5. The molecular weight excluding hydrogens is 224 g/mol. The van der Waals surface area contributed by atoms with Crippen LogP contribution in [0, 0.1) is 5.92 Å². The SMILES string of the molecule is CCCNCC1CCCCCC1c1cnnn1C. The van der Waals surface area contributed by atoms with Crippen molar-refractivity contribution in [3.63, 3.8) is 0 Å². The zero-order valence-electron chi connectivity index (χ0n) is 11.7. The van der Waals surface area contributed by atoms with Crippen LogP contribution in [-0.2, 0) is 7.05 Å². The Labute approximate surface area is 110 Å². The summed E-state index contributed by atoms with van der Waals surface area (Å²) in [6, 6.07) is 0. The molecule has 0 spiro atoms. The van der Waals surface area contributed by atoms with E-state index in [1.807, 2.05) is 17.9 Å². The predicted octanol–water partition coefficient (Wildman–Crippen LogP) is 2.48. The number of aromatic nitrogens is 3. The third-order valence-electron chi connectivity index (χ3n) is 4.12. The van der Waals surface area contributed by atoms with Crippen LogP contribution in [0.5, 0.6) is 0 Å². The number of nitrogens with one attached hydrogen (secondary N) is 1. The average Bonchev–Trinajstić information content (AvgIpc) is 2.65. The molecule has 0 radical (unpaired) electrons. The molecule has 0 aliphatic heterocycles. The van der Waals surface area contributed by atoms with E-state index in [4.69, 9.17) is 0 Å². The highest BCUT2D eigenvalue weighted by molar-refractivity contribution is 5.06. The molecule has 1 N–H and O–H groups in total. The van der Waals surface area contributed by atoms with Gasteiger partial charge in [0, 0.05) is 13.0 Å². The largest absolute Gasteiger partial charge is 0.316 e. The molecule has 4 nitrogen and oxygen atoms in total. The number of aryl methyl sites for hydroxylation is 1. The molecule has 2 rings (SSSR count). The molecule has 1 aliphatic rings. The summed E-state index contributed by atoms with van der Waals surface area (Å²) in [5, 5.41) is 11.7. The molecule has 1 aliphatic carbocycles. The van der Waals surface area contributed by atoms with Crippen LogP contribution < -0.4 is 5.32 Å². The second-order valence-corrected chi connectivity index (χ2v) is 5.49. The van der Waals surface area contributed by atoms with Crippen molar-refractivity contribution in [3.8, 4) is 0 Å². The zero-order chi connectivity index (χ0) is 12.8. The highest BCUT2D eigenvalue weighted by Gasteiger charge is 2.27. The highest BCUT2D eigenvalue weighted by atomic mass is 15.4. The Morgan fingerprint density at radius 2 is 2.17 bits per heavy atom. The van der Waals surface area contributed by atoms with Gasteiger partial charge in [0.1, 0.15) is 0 Å². The van der Waals surface area contributed by atoms with E-state index in [9.17, 15) is 0 Å². The molecule has 0 saturated heterocycles. The lowest BCUT2D eigenvalue weighted by Gasteiger charge is -2.25. The van der Waals surface area contributed by atoms with Crippen molar-refractivity contribution < 1.29 is 0 Å². The lowest BCUT2D eigenvalue weighted by molar-refractivity contribution is 0.362. The Balaban J connectivity index is 2.04. The quantitative estimate of drug-likeness (QED) is 0.645. The van der Waals surface area contributed by atoms with Gasteiger partial charge in [-0.25, -0.2) is 0 Å². The summed E-state index contributed by atoms with van der Waals surface area (Å²) < 4.78 is 1.96. The maximum absolute atomic E-state index is 4.10. The third-order valence-corrected chi connectivity index (χ3v) is 4.12. The van der Waals surface area contributed by atoms with E-state index in [0.717, 1.165) is 19.0 Å². The molecule has 1 aromatic heterocycles. The average molecular weight is 250 g/mol. The van der Waals surface area contributed by atoms with Crippen LogP contribution in [0.15, 0.2) is 6.20 Å². The first-order chi connectivity index (χ1) is 8.83. The summed E-state index contributed by atoms with van der Waals surface area (Å²) >= 11 is 0. The maximum Gasteiger partial charge on any atom is 0.0728 e. The van der Waals surface area contributed by atoms with E-state index >= 15 is 0 Å². The molecule has 1 aromatic rings. The monoisotopic (exact) mass is 250 g/mol. The van der Waals surface area contributed by atoms with Crippen LogP contribution in [0.25, 0.3) is 0 Å². The van der Waals surface area contributed by atoms with Crippen LogP contribution in [0.4, 0.5) is 0 Å². The Bertz CT molecular complexity index is 347. The van der Waals surface area contributed by atoms with E-state index in [0.29, 0.717) is 5.92 Å². The fraction of sp³-hybridized carbons (Fsp3) is 0.857. The van der Waals surface area contributed by atoms with Gasteiger partial charge in [-0.05, 0) is 38.3 Å². The van der Waals surface area contributed by atoms with E-state index in [1.165, 1.54) is 44.2 Å². The van der Waals surface area contributed by atoms with Gasteiger partial charge in [0.2, 0.25) is 0 Å². The van der Waals surface area contributed by atoms with Crippen LogP contribution in [0.3, 0.4) is 0 Å². The minimum Gasteiger partial charge on any atom is -0.316 e. The van der Waals surface area contributed by atoms with E-state index in [2.05, 4.69) is 22.6 Å². The molecule has 4 heteroatoms. The summed E-state index contributed by atoms with van der Waals surface area (Å²) in [6.45, 7) is 4.50. The van der Waals surface area contributed by atoms with Crippen molar-refractivity contribution in [2.24, 2.45) is 13.0 Å². The molecule has 0 aromatic carbocycles. The summed E-state index contributed by atoms with van der Waals surface area (Å²) in [4.78, 5) is 0. The number of hydrogen-bond donors (Lipinski definition) is 1. The second-order valence-electron chi connectivity index (χ2n) is 5.49. The smallest absolute Gasteiger partial charge is 0.0728 e. The van der Waals surface area contributed by atoms with Crippen molar-refractivity contribution in [2.75, 3.05) is 13.1 Å². The minimum absolute atomic E-state index is 0.636. The summed E-state index contributed by atoms with van der Waals surface area (Å²) in [5.41, 5.74) is 1.32. The molecule has 18 heavy (non-hydrogen) atoms. The van der Waals surface area contributed by atoms with E-state index in [-0.39, 0.29) is 0 Å². The normalized spacial score (nSPS) is 25.0. The molecule has 2 atom stereocenters. The molecule has 0 bridgehead atoms. The highest BCUT2D eigenvalue weighted by Crippen LogP contribution is 2.35. The van der Waals surface area contributed by atoms with Crippen LogP contribution in [0.1, 0.15) is 57.1 Å². The van der Waals surface area contributed by atoms with Gasteiger partial charge in [0.25, 0.3) is 0 Å². The Morgan fingerprint density at radius 1 is 1.33 bits per heavy atom. The first-order valence-electron chi connectivity index (χ1n) is 7.38. The van der Waals surface area contributed by atoms with Crippen molar-refractivity contribution in [1.82, 2.24) is 20.3 Å². The summed E-state index contributed by atoms with van der Waals surface area (Å²) in [7, 11) is 2.02. The van der Waals surface area contributed by atoms with Gasteiger partial charge >= 0.3 is 0 Å². The van der Waals surface area contributed by atoms with Gasteiger partial charge in [-0.2, -0.15) is 0 Å². The lowest BCUT2D eigenvalue weighted by Crippen LogP contribution is -2.28. The minimum atomic E-state index is 0.636. The summed E-state index contributed by atoms with van der Waals surface area (Å²) in [6.07, 6.45) is 9.91. The van der Waals surface area contributed by atoms with Gasteiger partial charge < -0.3 is 5.32 Å². The first kappa shape index (κ1) is 13.5. The molecule has 102 valence electrons. The van der Waals surface area contributed by atoms with Crippen LogP contribution in [0.2, 0.25) is 0 Å². The Morgan fingerprint density at radius 3 is 2.89 bits per heavy atom. The van der Waals surface area contributed by atoms with Crippen LogP contribution >= 0.6 is 0 Å².